The predicted molar refractivity (Wildman–Crippen MR) is 94.4 cm³/mol. The van der Waals surface area contributed by atoms with Gasteiger partial charge in [0.05, 0.1) is 6.33 Å². The van der Waals surface area contributed by atoms with Crippen molar-refractivity contribution in [2.75, 3.05) is 0 Å². The minimum Gasteiger partial charge on any atom is -0.505 e. The van der Waals surface area contributed by atoms with E-state index in [-0.39, 0.29) is 24.7 Å². The number of aromatic hydroxyl groups is 1. The van der Waals surface area contributed by atoms with Gasteiger partial charge in [0.25, 0.3) is 0 Å². The summed E-state index contributed by atoms with van der Waals surface area (Å²) in [4.78, 5) is 15.8. The van der Waals surface area contributed by atoms with Crippen molar-refractivity contribution in [2.24, 2.45) is 0 Å². The molecule has 0 atom stereocenters. The molecule has 6 heteroatoms. The second-order valence-electron chi connectivity index (χ2n) is 5.94. The summed E-state index contributed by atoms with van der Waals surface area (Å²) in [5.41, 5.74) is 2.63. The first-order valence-corrected chi connectivity index (χ1v) is 8.32. The summed E-state index contributed by atoms with van der Waals surface area (Å²) in [5.74, 6) is -1.31. The van der Waals surface area contributed by atoms with Crippen LogP contribution in [0.2, 0.25) is 0 Å². The number of hydrogen-bond donors (Lipinski definition) is 1. The fourth-order valence-electron chi connectivity index (χ4n) is 2.55. The maximum atomic E-state index is 13.2. The fraction of sp³-hybridized carbons (Fsp3) is 0.200. The van der Waals surface area contributed by atoms with Gasteiger partial charge in [-0.05, 0) is 48.2 Å². The topological polar surface area (TPSA) is 64.3 Å². The predicted octanol–water partition coefficient (Wildman–Crippen LogP) is 3.78. The smallest absolute Gasteiger partial charge is 0.306 e. The summed E-state index contributed by atoms with van der Waals surface area (Å²) in [6, 6.07) is 11.9. The van der Waals surface area contributed by atoms with E-state index < -0.39 is 5.82 Å². The first-order chi connectivity index (χ1) is 12.6. The zero-order chi connectivity index (χ0) is 18.4. The molecule has 2 aromatic carbocycles. The highest BCUT2D eigenvalue weighted by atomic mass is 19.1. The molecule has 0 saturated carbocycles. The molecule has 5 nitrogen and oxygen atoms in total. The maximum absolute atomic E-state index is 13.2. The van der Waals surface area contributed by atoms with E-state index in [9.17, 15) is 9.18 Å². The number of esters is 1. The van der Waals surface area contributed by atoms with Gasteiger partial charge in [-0.15, -0.1) is 0 Å². The molecule has 134 valence electrons. The zero-order valence-corrected chi connectivity index (χ0v) is 14.1. The van der Waals surface area contributed by atoms with Crippen LogP contribution in [0.25, 0.3) is 5.69 Å². The first kappa shape index (κ1) is 17.7. The van der Waals surface area contributed by atoms with Crippen LogP contribution < -0.4 is 0 Å². The minimum atomic E-state index is -0.649. The van der Waals surface area contributed by atoms with Crippen LogP contribution in [0.4, 0.5) is 4.39 Å². The largest absolute Gasteiger partial charge is 0.505 e. The molecule has 0 unspecified atom stereocenters. The molecule has 0 spiro atoms. The Bertz CT molecular complexity index is 861. The van der Waals surface area contributed by atoms with E-state index in [0.717, 1.165) is 16.8 Å². The summed E-state index contributed by atoms with van der Waals surface area (Å²) < 4.78 is 20.4. The molecule has 0 fully saturated rings. The van der Waals surface area contributed by atoms with Gasteiger partial charge in [0.1, 0.15) is 6.61 Å². The highest BCUT2D eigenvalue weighted by Crippen LogP contribution is 2.17. The molecule has 0 aliphatic carbocycles. The first-order valence-electron chi connectivity index (χ1n) is 8.32. The van der Waals surface area contributed by atoms with Crippen LogP contribution >= 0.6 is 0 Å². The molecule has 1 aromatic heterocycles. The molecule has 0 bridgehead atoms. The number of imidazole rings is 1. The van der Waals surface area contributed by atoms with Crippen LogP contribution in [0.3, 0.4) is 0 Å². The molecular formula is C20H19FN2O3. The second kappa shape index (κ2) is 8.29. The summed E-state index contributed by atoms with van der Waals surface area (Å²) >= 11 is 0. The number of hydrogen-bond acceptors (Lipinski definition) is 4. The van der Waals surface area contributed by atoms with E-state index in [0.29, 0.717) is 12.8 Å². The average Bonchev–Trinajstić information content (AvgIpc) is 3.18. The van der Waals surface area contributed by atoms with Gasteiger partial charge in [0, 0.05) is 24.5 Å². The third kappa shape index (κ3) is 4.69. The zero-order valence-electron chi connectivity index (χ0n) is 14.1. The van der Waals surface area contributed by atoms with Crippen molar-refractivity contribution in [3.63, 3.8) is 0 Å². The van der Waals surface area contributed by atoms with Crippen molar-refractivity contribution >= 4 is 5.97 Å². The molecule has 0 aliphatic heterocycles. The number of ether oxygens (including phenoxy) is 1. The van der Waals surface area contributed by atoms with Gasteiger partial charge in [0.2, 0.25) is 0 Å². The quantitative estimate of drug-likeness (QED) is 0.656. The van der Waals surface area contributed by atoms with E-state index >= 15 is 0 Å². The Kier molecular flexibility index (Phi) is 5.63. The monoisotopic (exact) mass is 354 g/mol. The third-order valence-corrected chi connectivity index (χ3v) is 4.00. The summed E-state index contributed by atoms with van der Waals surface area (Å²) in [6.45, 7) is 0.219. The number of carbonyl (C=O) groups excluding carboxylic acids is 1. The Morgan fingerprint density at radius 2 is 1.92 bits per heavy atom. The highest BCUT2D eigenvalue weighted by Gasteiger charge is 2.06. The van der Waals surface area contributed by atoms with Crippen LogP contribution in [-0.4, -0.2) is 20.6 Å². The van der Waals surface area contributed by atoms with Gasteiger partial charge < -0.3 is 14.4 Å². The van der Waals surface area contributed by atoms with Crippen molar-refractivity contribution < 1.29 is 19.0 Å². The number of halogens is 1. The molecule has 0 radical (unpaired) electrons. The van der Waals surface area contributed by atoms with Gasteiger partial charge in [-0.25, -0.2) is 9.37 Å². The van der Waals surface area contributed by atoms with Crippen LogP contribution in [-0.2, 0) is 22.6 Å². The number of nitrogens with zero attached hydrogens (tertiary/aromatic N) is 2. The normalized spacial score (nSPS) is 10.7. The van der Waals surface area contributed by atoms with Gasteiger partial charge in [0.15, 0.2) is 11.6 Å². The number of benzene rings is 2. The second-order valence-corrected chi connectivity index (χ2v) is 5.94. The molecular weight excluding hydrogens is 335 g/mol. The summed E-state index contributed by atoms with van der Waals surface area (Å²) in [5, 5.41) is 9.15. The number of phenols is 1. The molecule has 26 heavy (non-hydrogen) atoms. The van der Waals surface area contributed by atoms with E-state index in [1.807, 2.05) is 35.0 Å². The molecule has 0 amide bonds. The molecule has 0 saturated heterocycles. The van der Waals surface area contributed by atoms with E-state index in [4.69, 9.17) is 9.84 Å². The highest BCUT2D eigenvalue weighted by molar-refractivity contribution is 5.69. The Morgan fingerprint density at radius 1 is 1.15 bits per heavy atom. The number of carbonyl (C=O) groups is 1. The van der Waals surface area contributed by atoms with Crippen LogP contribution in [0.15, 0.2) is 61.2 Å². The van der Waals surface area contributed by atoms with Crippen molar-refractivity contribution in [3.8, 4) is 11.4 Å². The number of aryl methyl sites for hydroxylation is 1. The Morgan fingerprint density at radius 3 is 2.62 bits per heavy atom. The van der Waals surface area contributed by atoms with E-state index in [2.05, 4.69) is 4.98 Å². The van der Waals surface area contributed by atoms with Crippen molar-refractivity contribution in [1.82, 2.24) is 9.55 Å². The lowest BCUT2D eigenvalue weighted by molar-refractivity contribution is -0.145. The Labute approximate surface area is 150 Å². The van der Waals surface area contributed by atoms with E-state index in [1.54, 1.807) is 18.6 Å². The van der Waals surface area contributed by atoms with Crippen molar-refractivity contribution in [3.05, 3.63) is 78.1 Å². The van der Waals surface area contributed by atoms with Gasteiger partial charge in [-0.3, -0.25) is 4.79 Å². The molecule has 1 heterocycles. The molecule has 3 aromatic rings. The molecule has 1 N–H and O–H groups in total. The van der Waals surface area contributed by atoms with Crippen molar-refractivity contribution in [2.45, 2.75) is 25.9 Å². The van der Waals surface area contributed by atoms with Crippen molar-refractivity contribution in [1.29, 1.82) is 0 Å². The van der Waals surface area contributed by atoms with Gasteiger partial charge in [-0.2, -0.15) is 0 Å². The summed E-state index contributed by atoms with van der Waals surface area (Å²) in [6.07, 6.45) is 6.65. The van der Waals surface area contributed by atoms with Crippen LogP contribution in [0.1, 0.15) is 24.0 Å². The lowest BCUT2D eigenvalue weighted by atomic mass is 10.1. The van der Waals surface area contributed by atoms with Gasteiger partial charge in [-0.1, -0.05) is 18.2 Å². The number of rotatable bonds is 7. The number of phenolic OH excluding ortho intramolecular Hbond substituents is 1. The lowest BCUT2D eigenvalue weighted by Gasteiger charge is -2.07. The number of aromatic nitrogens is 2. The van der Waals surface area contributed by atoms with Gasteiger partial charge >= 0.3 is 5.97 Å². The van der Waals surface area contributed by atoms with Crippen LogP contribution in [0.5, 0.6) is 5.75 Å². The standard InChI is InChI=1S/C20H19FN2O3/c21-18-12-15(6-9-19(18)24)2-1-3-20(25)26-13-16-4-7-17(8-5-16)23-11-10-22-14-23/h4-12,14,24H,1-3,13H2. The Balaban J connectivity index is 1.41. The molecule has 3 rings (SSSR count). The molecule has 0 aliphatic rings. The Hall–Kier alpha value is -3.15. The van der Waals surface area contributed by atoms with Crippen LogP contribution in [0, 0.1) is 5.82 Å². The van der Waals surface area contributed by atoms with E-state index in [1.165, 1.54) is 12.1 Å². The fourth-order valence-corrected chi connectivity index (χ4v) is 2.55. The summed E-state index contributed by atoms with van der Waals surface area (Å²) in [7, 11) is 0. The SMILES string of the molecule is O=C(CCCc1ccc(O)c(F)c1)OCc1ccc(-n2ccnc2)cc1. The average molecular weight is 354 g/mol. The maximum Gasteiger partial charge on any atom is 0.306 e. The lowest BCUT2D eigenvalue weighted by Crippen LogP contribution is -2.05. The minimum absolute atomic E-state index is 0.219. The third-order valence-electron chi connectivity index (χ3n) is 4.00.